The van der Waals surface area contributed by atoms with Crippen LogP contribution in [0, 0.1) is 40.4 Å². The van der Waals surface area contributed by atoms with E-state index >= 15 is 0 Å². The summed E-state index contributed by atoms with van der Waals surface area (Å²) in [6, 6.07) is 0. The maximum Gasteiger partial charge on any atom is 0.187 e. The van der Waals surface area contributed by atoms with E-state index in [0.29, 0.717) is 31.8 Å². The van der Waals surface area contributed by atoms with Crippen LogP contribution in [0.3, 0.4) is 0 Å². The van der Waals surface area contributed by atoms with E-state index in [-0.39, 0.29) is 47.2 Å². The molecule has 17 nitrogen and oxygen atoms in total. The summed E-state index contributed by atoms with van der Waals surface area (Å²) in [6.07, 6.45) is -11.8. The third-order valence-corrected chi connectivity index (χ3v) is 17.5. The summed E-state index contributed by atoms with van der Waals surface area (Å²) >= 11 is 0. The van der Waals surface area contributed by atoms with Gasteiger partial charge in [-0.2, -0.15) is 0 Å². The highest BCUT2D eigenvalue weighted by Gasteiger charge is 2.74. The number of aliphatic hydroxyl groups is 9. The van der Waals surface area contributed by atoms with E-state index in [9.17, 15) is 46.0 Å². The Morgan fingerprint density at radius 3 is 2.20 bits per heavy atom. The number of hydrogen-bond donors (Lipinski definition) is 9. The molecule has 0 bridgehead atoms. The molecule has 1 spiro atoms. The average Bonchev–Trinajstić information content (AvgIpc) is 3.63. The largest absolute Gasteiger partial charge is 0.394 e. The first-order chi connectivity index (χ1) is 28.9. The van der Waals surface area contributed by atoms with E-state index in [1.165, 1.54) is 12.5 Å². The van der Waals surface area contributed by atoms with E-state index in [4.69, 9.17) is 37.9 Å². The van der Waals surface area contributed by atoms with Gasteiger partial charge < -0.3 is 83.9 Å². The molecule has 61 heavy (non-hydrogen) atoms. The van der Waals surface area contributed by atoms with Crippen molar-refractivity contribution in [1.29, 1.82) is 0 Å². The Labute approximate surface area is 357 Å². The van der Waals surface area contributed by atoms with Crippen LogP contribution in [0.25, 0.3) is 0 Å². The van der Waals surface area contributed by atoms with Gasteiger partial charge in [0.25, 0.3) is 0 Å². The Morgan fingerprint density at radius 2 is 1.48 bits per heavy atom. The topological polar surface area (TPSA) is 256 Å². The summed E-state index contributed by atoms with van der Waals surface area (Å²) in [5, 5.41) is 98.1. The Kier molecular flexibility index (Phi) is 12.2. The summed E-state index contributed by atoms with van der Waals surface area (Å²) in [6.45, 7) is 10.3. The molecule has 0 unspecified atom stereocenters. The molecule has 5 heterocycles. The Morgan fingerprint density at radius 1 is 0.738 bits per heavy atom. The van der Waals surface area contributed by atoms with Gasteiger partial charge in [0.2, 0.25) is 0 Å². The van der Waals surface area contributed by atoms with E-state index in [1.807, 2.05) is 0 Å². The molecule has 9 rings (SSSR count). The van der Waals surface area contributed by atoms with Gasteiger partial charge in [0.05, 0.1) is 43.7 Å². The highest BCUT2D eigenvalue weighted by atomic mass is 16.8. The molecule has 9 N–H and O–H groups in total. The molecule has 0 aromatic rings. The fourth-order valence-electron chi connectivity index (χ4n) is 13.7. The van der Waals surface area contributed by atoms with Crippen molar-refractivity contribution in [3.8, 4) is 0 Å². The highest BCUT2D eigenvalue weighted by molar-refractivity contribution is 5.29. The van der Waals surface area contributed by atoms with Gasteiger partial charge in [-0.15, -0.1) is 0 Å². The van der Waals surface area contributed by atoms with Crippen molar-refractivity contribution in [3.63, 3.8) is 0 Å². The molecule has 348 valence electrons. The van der Waals surface area contributed by atoms with Crippen LogP contribution >= 0.6 is 0 Å². The lowest BCUT2D eigenvalue weighted by atomic mass is 9.45. The lowest BCUT2D eigenvalue weighted by Gasteiger charge is -2.62. The maximum absolute atomic E-state index is 13.0. The van der Waals surface area contributed by atoms with Gasteiger partial charge in [-0.25, -0.2) is 0 Å². The van der Waals surface area contributed by atoms with Crippen molar-refractivity contribution in [1.82, 2.24) is 0 Å². The van der Waals surface area contributed by atoms with Crippen molar-refractivity contribution in [2.45, 2.75) is 202 Å². The van der Waals surface area contributed by atoms with Gasteiger partial charge in [-0.1, -0.05) is 39.3 Å². The number of aliphatic hydroxyl groups excluding tert-OH is 8. The summed E-state index contributed by atoms with van der Waals surface area (Å²) in [7, 11) is 0. The van der Waals surface area contributed by atoms with Gasteiger partial charge in [0.15, 0.2) is 24.7 Å². The van der Waals surface area contributed by atoms with Gasteiger partial charge in [-0.05, 0) is 75.0 Å². The summed E-state index contributed by atoms with van der Waals surface area (Å²) < 4.78 is 49.5. The first-order valence-electron chi connectivity index (χ1n) is 22.9. The minimum absolute atomic E-state index is 0.0513. The van der Waals surface area contributed by atoms with Crippen LogP contribution in [0.5, 0.6) is 0 Å². The van der Waals surface area contributed by atoms with Crippen LogP contribution in [0.4, 0.5) is 0 Å². The van der Waals surface area contributed by atoms with E-state index in [2.05, 4.69) is 33.8 Å². The quantitative estimate of drug-likeness (QED) is 0.152. The van der Waals surface area contributed by atoms with Crippen molar-refractivity contribution < 1.29 is 83.9 Å². The van der Waals surface area contributed by atoms with Gasteiger partial charge in [0, 0.05) is 30.1 Å². The molecule has 25 atom stereocenters. The molecule has 9 aliphatic rings. The van der Waals surface area contributed by atoms with E-state index < -0.39 is 110 Å². The van der Waals surface area contributed by atoms with Crippen LogP contribution < -0.4 is 0 Å². The van der Waals surface area contributed by atoms with Crippen LogP contribution in [-0.4, -0.2) is 175 Å². The molecule has 0 amide bonds. The Hall–Kier alpha value is -0.940. The first-order valence-corrected chi connectivity index (χ1v) is 22.9. The molecular weight excluding hydrogens is 800 g/mol. The second-order valence-electron chi connectivity index (χ2n) is 20.8. The number of rotatable bonds is 7. The first kappa shape index (κ1) is 45.2. The molecule has 4 aliphatic carbocycles. The van der Waals surface area contributed by atoms with Crippen LogP contribution in [-0.2, 0) is 37.9 Å². The standard InChI is InChI=1S/C44H70O17/c1-19-8-13-44(55-17-19)20(2)29-27(61-44)15-43(53)25-7-6-22-14-23(9-11-41(22,4)24(25)10-12-42(29,43)5)57-40-37(60-39-34(51)32(49)30(47)21(3)56-39)35(52)36(28(16-45)58-40)59-38-33(50)31(48)26(46)18-54-38/h6,19-21,23-40,45-53H,7-18H2,1-5H3/t19-,20-,21-,23+,24-,25+,26-,27-,28+,29-,30-,31-,32-,33+,34-,35-,36+,37+,38+,39+,40+,41-,42+,43+,44+/m1/s1. The minimum Gasteiger partial charge on any atom is -0.394 e. The van der Waals surface area contributed by atoms with Crippen LogP contribution in [0.15, 0.2) is 11.6 Å². The van der Waals surface area contributed by atoms with Crippen molar-refractivity contribution in [2.75, 3.05) is 19.8 Å². The molecule has 3 saturated carbocycles. The second-order valence-corrected chi connectivity index (χ2v) is 20.8. The second kappa shape index (κ2) is 16.4. The molecular formula is C44H70O17. The van der Waals surface area contributed by atoms with E-state index in [0.717, 1.165) is 38.5 Å². The Bertz CT molecular complexity index is 1610. The zero-order valence-electron chi connectivity index (χ0n) is 36.0. The van der Waals surface area contributed by atoms with Crippen molar-refractivity contribution in [2.24, 2.45) is 40.4 Å². The highest BCUT2D eigenvalue weighted by Crippen LogP contribution is 2.72. The fraction of sp³-hybridized carbons (Fsp3) is 0.955. The Balaban J connectivity index is 0.925. The molecule has 8 fully saturated rings. The number of hydrogen-bond acceptors (Lipinski definition) is 17. The summed E-state index contributed by atoms with van der Waals surface area (Å²) in [5.41, 5.74) is -0.160. The third kappa shape index (κ3) is 7.14. The van der Waals surface area contributed by atoms with Gasteiger partial charge in [0.1, 0.15) is 61.0 Å². The zero-order chi connectivity index (χ0) is 43.6. The van der Waals surface area contributed by atoms with Crippen LogP contribution in [0.1, 0.15) is 92.4 Å². The monoisotopic (exact) mass is 870 g/mol. The van der Waals surface area contributed by atoms with Crippen molar-refractivity contribution in [3.05, 3.63) is 11.6 Å². The normalized spacial score (nSPS) is 58.4. The SMILES string of the molecule is C[C@@H]1CC[C@]2(OC1)O[C@@H]1C[C@]3(O)[C@H]4CC=C5C[C@@H](O[C@H]6O[C@@H](CO)[C@H](O[C@@H]7OC[C@@H](O)[C@@H](O)[C@@H]7O)[C@@H](O)[C@@H]6O[C@@H]6O[C@H](C)[C@@H](O)[C@@H](O)[C@H]6O)CC[C@@]5(C)[C@@H]4CC[C@@]3(C)[C@@H]1[C@H]2C. The predicted molar refractivity (Wildman–Crippen MR) is 210 cm³/mol. The maximum atomic E-state index is 13.0. The van der Waals surface area contributed by atoms with Crippen LogP contribution in [0.2, 0.25) is 0 Å². The lowest BCUT2D eigenvalue weighted by Crippen LogP contribution is -2.66. The average molecular weight is 871 g/mol. The fourth-order valence-corrected chi connectivity index (χ4v) is 13.7. The number of allylic oxidation sites excluding steroid dienone is 1. The smallest absolute Gasteiger partial charge is 0.187 e. The summed E-state index contributed by atoms with van der Waals surface area (Å²) in [4.78, 5) is 0. The zero-order valence-corrected chi connectivity index (χ0v) is 36.0. The molecule has 5 aliphatic heterocycles. The lowest BCUT2D eigenvalue weighted by molar-refractivity contribution is -0.385. The van der Waals surface area contributed by atoms with E-state index in [1.54, 1.807) is 0 Å². The minimum atomic E-state index is -1.73. The molecule has 0 aromatic carbocycles. The predicted octanol–water partition coefficient (Wildman–Crippen LogP) is -0.0319. The number of fused-ring (bicyclic) bond motifs is 7. The molecule has 5 saturated heterocycles. The van der Waals surface area contributed by atoms with Gasteiger partial charge in [-0.3, -0.25) is 0 Å². The molecule has 0 aromatic heterocycles. The van der Waals surface area contributed by atoms with Gasteiger partial charge >= 0.3 is 0 Å². The summed E-state index contributed by atoms with van der Waals surface area (Å²) in [5.74, 6) is 0.647. The third-order valence-electron chi connectivity index (χ3n) is 17.5. The van der Waals surface area contributed by atoms with Crippen molar-refractivity contribution >= 4 is 0 Å². The molecule has 0 radical (unpaired) electrons. The molecule has 17 heteroatoms. The number of ether oxygens (including phenoxy) is 8.